The maximum absolute atomic E-state index is 11.6. The molecule has 0 spiro atoms. The van der Waals surface area contributed by atoms with Gasteiger partial charge in [-0.25, -0.2) is 4.57 Å². The van der Waals surface area contributed by atoms with E-state index in [1.807, 2.05) is 0 Å². The van der Waals surface area contributed by atoms with Crippen molar-refractivity contribution in [2.45, 2.75) is 206 Å². The van der Waals surface area contributed by atoms with Crippen molar-refractivity contribution in [2.24, 2.45) is 5.92 Å². The zero-order chi connectivity index (χ0) is 33.9. The van der Waals surface area contributed by atoms with Crippen molar-refractivity contribution in [3.05, 3.63) is 0 Å². The molecule has 0 aliphatic carbocycles. The first-order valence-corrected chi connectivity index (χ1v) is 20.9. The van der Waals surface area contributed by atoms with Crippen molar-refractivity contribution in [2.75, 3.05) is 20.1 Å². The van der Waals surface area contributed by atoms with Crippen LogP contribution < -0.4 is 0 Å². The normalized spacial score (nSPS) is 12.3. The van der Waals surface area contributed by atoms with Gasteiger partial charge >= 0.3 is 13.8 Å². The zero-order valence-corrected chi connectivity index (χ0v) is 31.1. The molecule has 0 aromatic carbocycles. The molecule has 0 aliphatic rings. The highest BCUT2D eigenvalue weighted by molar-refractivity contribution is 7.45. The Morgan fingerprint density at radius 1 is 0.489 bits per heavy atom. The van der Waals surface area contributed by atoms with Gasteiger partial charge in [-0.05, 0) is 45.8 Å². The number of carboxylic acids is 1. The predicted molar refractivity (Wildman–Crippen MR) is 193 cm³/mol. The van der Waals surface area contributed by atoms with Crippen LogP contribution in [0.5, 0.6) is 0 Å². The molecular weight excluding hydrogens is 585 g/mol. The van der Waals surface area contributed by atoms with Crippen LogP contribution in [0.3, 0.4) is 0 Å². The van der Waals surface area contributed by atoms with Crippen LogP contribution >= 0.6 is 7.82 Å². The monoisotopic (exact) mass is 664 g/mol. The summed E-state index contributed by atoms with van der Waals surface area (Å²) in [6, 6.07) is 0. The molecule has 0 bridgehead atoms. The third kappa shape index (κ3) is 45.7. The largest absolute Gasteiger partial charge is 0.481 e. The van der Waals surface area contributed by atoms with Gasteiger partial charge in [-0.3, -0.25) is 4.79 Å². The lowest BCUT2D eigenvalue weighted by Gasteiger charge is -2.16. The summed E-state index contributed by atoms with van der Waals surface area (Å²) in [6.07, 6.45) is 39.5. The first-order chi connectivity index (χ1) is 21.6. The molecule has 0 aliphatic heterocycles. The van der Waals surface area contributed by atoms with E-state index in [-0.39, 0.29) is 5.92 Å². The van der Waals surface area contributed by atoms with Crippen molar-refractivity contribution < 1.29 is 29.1 Å². The second-order valence-electron chi connectivity index (χ2n) is 13.6. The molecule has 7 nitrogen and oxygen atoms in total. The van der Waals surface area contributed by atoms with Gasteiger partial charge in [-0.15, -0.1) is 0 Å². The number of unbranched alkanes of at least 4 members (excludes halogenated alkanes) is 25. The van der Waals surface area contributed by atoms with Crippen LogP contribution in [0.2, 0.25) is 0 Å². The molecule has 0 saturated carbocycles. The molecule has 0 fully saturated rings. The van der Waals surface area contributed by atoms with E-state index >= 15 is 0 Å². The average Bonchev–Trinajstić information content (AvgIpc) is 2.97. The van der Waals surface area contributed by atoms with E-state index in [0.717, 1.165) is 25.7 Å². The highest BCUT2D eigenvalue weighted by Crippen LogP contribution is 2.26. The third-order valence-electron chi connectivity index (χ3n) is 8.99. The second-order valence-corrected chi connectivity index (χ2v) is 14.6. The molecule has 0 radical (unpaired) electrons. The molecule has 272 valence electrons. The molecule has 1 unspecified atom stereocenters. The molecule has 0 aromatic heterocycles. The summed E-state index contributed by atoms with van der Waals surface area (Å²) in [5.41, 5.74) is 0. The Morgan fingerprint density at radius 3 is 0.956 bits per heavy atom. The van der Waals surface area contributed by atoms with Crippen molar-refractivity contribution in [1.82, 2.24) is 4.90 Å². The summed E-state index contributed by atoms with van der Waals surface area (Å²) in [5, 5.41) is 9.56. The lowest BCUT2D eigenvalue weighted by molar-refractivity contribution is -0.142. The van der Waals surface area contributed by atoms with E-state index in [2.05, 4.69) is 25.8 Å². The maximum Gasteiger partial charge on any atom is 0.466 e. The first-order valence-electron chi connectivity index (χ1n) is 19.3. The summed E-state index contributed by atoms with van der Waals surface area (Å²) in [6.45, 7) is 7.12. The van der Waals surface area contributed by atoms with Gasteiger partial charge in [-0.2, -0.15) is 0 Å². The Hall–Kier alpha value is -0.460. The zero-order valence-electron chi connectivity index (χ0n) is 30.2. The molecule has 45 heavy (non-hydrogen) atoms. The Labute approximate surface area is 280 Å². The van der Waals surface area contributed by atoms with Gasteiger partial charge in [0.2, 0.25) is 0 Å². The van der Waals surface area contributed by atoms with Gasteiger partial charge in [-0.1, -0.05) is 181 Å². The van der Waals surface area contributed by atoms with Crippen molar-refractivity contribution in [1.29, 1.82) is 0 Å². The van der Waals surface area contributed by atoms with Gasteiger partial charge in [0.05, 0.1) is 5.92 Å². The molecule has 0 aromatic rings. The fourth-order valence-electron chi connectivity index (χ4n) is 6.08. The summed E-state index contributed by atoms with van der Waals surface area (Å²) < 4.78 is 8.88. The van der Waals surface area contributed by atoms with Gasteiger partial charge in [0.15, 0.2) is 0 Å². The fraction of sp³-hybridized carbons (Fsp3) is 0.973. The molecule has 1 atom stereocenters. The lowest BCUT2D eigenvalue weighted by atomic mass is 9.94. The van der Waals surface area contributed by atoms with Crippen LogP contribution in [-0.2, 0) is 9.36 Å². The van der Waals surface area contributed by atoms with Gasteiger partial charge < -0.3 is 24.7 Å². The quantitative estimate of drug-likeness (QED) is 0.0399. The Kier molecular flexibility index (Phi) is 37.7. The summed E-state index contributed by atoms with van der Waals surface area (Å²) in [7, 11) is -2.33. The lowest BCUT2D eigenvalue weighted by Crippen LogP contribution is -2.20. The number of phosphoric acid groups is 1. The Morgan fingerprint density at radius 2 is 0.711 bits per heavy atom. The van der Waals surface area contributed by atoms with E-state index in [0.29, 0.717) is 0 Å². The number of rotatable bonds is 34. The molecule has 0 amide bonds. The number of hydrogen-bond acceptors (Lipinski definition) is 3. The summed E-state index contributed by atoms with van der Waals surface area (Å²) in [4.78, 5) is 35.7. The van der Waals surface area contributed by atoms with Crippen LogP contribution in [0.15, 0.2) is 0 Å². The highest BCUT2D eigenvalue weighted by atomic mass is 31.2. The van der Waals surface area contributed by atoms with Crippen LogP contribution in [0, 0.1) is 5.92 Å². The number of carbonyl (C=O) groups is 1. The summed E-state index contributed by atoms with van der Waals surface area (Å²) >= 11 is 0. The van der Waals surface area contributed by atoms with Crippen LogP contribution in [-0.4, -0.2) is 50.8 Å². The number of nitrogens with zero attached hydrogens (tertiary/aromatic N) is 1. The van der Waals surface area contributed by atoms with Crippen molar-refractivity contribution >= 4 is 13.8 Å². The Bertz CT molecular complexity index is 636. The third-order valence-corrected chi connectivity index (χ3v) is 8.99. The van der Waals surface area contributed by atoms with Gasteiger partial charge in [0, 0.05) is 0 Å². The van der Waals surface area contributed by atoms with E-state index < -0.39 is 13.8 Å². The van der Waals surface area contributed by atoms with Crippen LogP contribution in [0.1, 0.15) is 206 Å². The maximum atomic E-state index is 11.6. The van der Waals surface area contributed by atoms with Gasteiger partial charge in [0.1, 0.15) is 0 Å². The van der Waals surface area contributed by atoms with Crippen molar-refractivity contribution in [3.63, 3.8) is 0 Å². The average molecular weight is 664 g/mol. The van der Waals surface area contributed by atoms with Gasteiger partial charge in [0.25, 0.3) is 0 Å². The minimum Gasteiger partial charge on any atom is -0.481 e. The number of hydrogen-bond donors (Lipinski definition) is 4. The van der Waals surface area contributed by atoms with E-state index in [9.17, 15) is 9.90 Å². The molecule has 0 saturated heterocycles. The molecule has 4 N–H and O–H groups in total. The fourth-order valence-corrected chi connectivity index (χ4v) is 6.08. The van der Waals surface area contributed by atoms with Crippen molar-refractivity contribution in [3.8, 4) is 0 Å². The molecule has 8 heteroatoms. The smallest absolute Gasteiger partial charge is 0.466 e. The number of carboxylic acid groups (broad SMARTS) is 1. The second kappa shape index (κ2) is 36.4. The standard InChI is InChI=1S/C37H75NO2.H3O4P/c1-4-6-8-10-12-20-24-28-32-36(37(39)40)33-29-25-21-18-16-14-15-17-19-23-27-31-35-38(3)34-30-26-22-13-11-9-7-5-2;1-5(2,3)4/h36H,4-35H2,1-3H3,(H,39,40);(H3,1,2,3,4). The minimum atomic E-state index is -4.64. The van der Waals surface area contributed by atoms with E-state index in [4.69, 9.17) is 19.2 Å². The number of aliphatic carboxylic acids is 1. The van der Waals surface area contributed by atoms with E-state index in [1.54, 1.807) is 0 Å². The topological polar surface area (TPSA) is 118 Å². The van der Waals surface area contributed by atoms with Crippen LogP contribution in [0.25, 0.3) is 0 Å². The predicted octanol–water partition coefficient (Wildman–Crippen LogP) is 11.4. The molecule has 0 rings (SSSR count). The summed E-state index contributed by atoms with van der Waals surface area (Å²) in [5.74, 6) is -0.663. The minimum absolute atomic E-state index is 0.101. The molecular formula is C37H78NO6P. The molecule has 0 heterocycles. The highest BCUT2D eigenvalue weighted by Gasteiger charge is 2.16. The SMILES string of the molecule is CCCCCCCCCCC(CCCCCCCCCCCCCCN(C)CCCCCCCCCC)C(=O)O.O=P(O)(O)O. The Balaban J connectivity index is 0. The van der Waals surface area contributed by atoms with E-state index in [1.165, 1.54) is 180 Å². The van der Waals surface area contributed by atoms with Crippen LogP contribution in [0.4, 0.5) is 0 Å². The first kappa shape index (κ1) is 46.7.